The van der Waals surface area contributed by atoms with Gasteiger partial charge in [0.1, 0.15) is 22.8 Å². The number of ether oxygens (including phenoxy) is 2. The van der Waals surface area contributed by atoms with E-state index >= 15 is 0 Å². The van der Waals surface area contributed by atoms with Gasteiger partial charge in [-0.2, -0.15) is 0 Å². The lowest BCUT2D eigenvalue weighted by atomic mass is 9.72. The number of nitrogens with zero attached hydrogens (tertiary/aromatic N) is 5. The molecular weight excluding hydrogens is 888 g/mol. The number of rotatable bonds is 13. The van der Waals surface area contributed by atoms with Gasteiger partial charge in [0, 0.05) is 103 Å². The zero-order valence-electron chi connectivity index (χ0n) is 36.5. The van der Waals surface area contributed by atoms with Crippen molar-refractivity contribution in [2.24, 2.45) is 5.41 Å². The molecule has 0 radical (unpaired) electrons. The summed E-state index contributed by atoms with van der Waals surface area (Å²) in [4.78, 5) is 40.4. The molecule has 4 aliphatic rings. The Labute approximate surface area is 388 Å². The Hall–Kier alpha value is -5.17. The number of nitro benzene ring substituents is 1. The summed E-state index contributed by atoms with van der Waals surface area (Å²) in [6, 6.07) is 19.3. The molecule has 15 nitrogen and oxygen atoms in total. The second-order valence-corrected chi connectivity index (χ2v) is 21.1. The average molecular weight is 942 g/mol. The Morgan fingerprint density at radius 1 is 1.03 bits per heavy atom. The number of sulfonamides is 1. The lowest BCUT2D eigenvalue weighted by Gasteiger charge is -2.39. The predicted octanol–water partition coefficient (Wildman–Crippen LogP) is 8.43. The third kappa shape index (κ3) is 10.5. The van der Waals surface area contributed by atoms with Gasteiger partial charge in [-0.15, -0.1) is 11.8 Å². The summed E-state index contributed by atoms with van der Waals surface area (Å²) in [7, 11) is -4.59. The predicted molar refractivity (Wildman–Crippen MR) is 255 cm³/mol. The summed E-state index contributed by atoms with van der Waals surface area (Å²) in [5, 5.41) is 17.2. The molecule has 5 heterocycles. The second-order valence-electron chi connectivity index (χ2n) is 18.0. The van der Waals surface area contributed by atoms with Crippen molar-refractivity contribution in [1.82, 2.24) is 24.5 Å². The zero-order chi connectivity index (χ0) is 45.3. The highest BCUT2D eigenvalue weighted by Crippen LogP contribution is 2.44. The van der Waals surface area contributed by atoms with Crippen LogP contribution in [-0.2, 0) is 14.8 Å². The maximum absolute atomic E-state index is 14.1. The number of piperazine rings is 1. The Morgan fingerprint density at radius 3 is 2.58 bits per heavy atom. The van der Waals surface area contributed by atoms with Crippen LogP contribution in [0.25, 0.3) is 16.6 Å². The number of carbonyl (C=O) groups is 1. The van der Waals surface area contributed by atoms with E-state index < -0.39 is 20.9 Å². The van der Waals surface area contributed by atoms with Crippen LogP contribution in [0.3, 0.4) is 0 Å². The van der Waals surface area contributed by atoms with Gasteiger partial charge >= 0.3 is 0 Å². The molecule has 3 aliphatic heterocycles. The number of pyridine rings is 1. The van der Waals surface area contributed by atoms with Crippen LogP contribution in [0.1, 0.15) is 55.5 Å². The van der Waals surface area contributed by atoms with Crippen LogP contribution in [0, 0.1) is 15.5 Å². The third-order valence-corrected chi connectivity index (χ3v) is 15.6. The molecule has 65 heavy (non-hydrogen) atoms. The smallest absolute Gasteiger partial charge is 0.294 e. The molecule has 1 aliphatic carbocycles. The summed E-state index contributed by atoms with van der Waals surface area (Å²) >= 11 is 7.61. The summed E-state index contributed by atoms with van der Waals surface area (Å²) in [5.41, 5.74) is 5.69. The first-order valence-corrected chi connectivity index (χ1v) is 24.9. The van der Waals surface area contributed by atoms with Crippen molar-refractivity contribution in [3.63, 3.8) is 0 Å². The molecule has 5 aromatic rings. The lowest BCUT2D eigenvalue weighted by molar-refractivity contribution is -0.384. The number of hydrogen-bond donors (Lipinski definition) is 3. The van der Waals surface area contributed by atoms with Crippen LogP contribution in [0.15, 0.2) is 94.5 Å². The van der Waals surface area contributed by atoms with Crippen molar-refractivity contribution in [2.45, 2.75) is 55.4 Å². The summed E-state index contributed by atoms with van der Waals surface area (Å²) < 4.78 is 41.9. The van der Waals surface area contributed by atoms with Gasteiger partial charge in [0.05, 0.1) is 34.8 Å². The molecule has 342 valence electrons. The minimum Gasteiger partial charge on any atom is -0.455 e. The molecule has 0 spiro atoms. The molecule has 0 bridgehead atoms. The molecule has 3 aromatic carbocycles. The SMILES string of the molecule is CC1(C)CCC(CN2CCN(c3ccc(C(=O)NS(=O)(=O)c4cc5c(c([N+](=O)[O-])c4)N[C@@H](CCN4CCOCC4)CS5)c(Oc4cnc5[nH]ccc5c4)c3)CC2)=C(c2ccc(Cl)cc2)C1. The van der Waals surface area contributed by atoms with E-state index in [4.69, 9.17) is 21.1 Å². The third-order valence-electron chi connectivity index (χ3n) is 12.8. The number of H-pyrrole nitrogens is 1. The quantitative estimate of drug-likeness (QED) is 0.0759. The molecule has 0 saturated carbocycles. The van der Waals surface area contributed by atoms with Gasteiger partial charge in [-0.3, -0.25) is 24.7 Å². The molecule has 2 aromatic heterocycles. The Morgan fingerprint density at radius 2 is 1.82 bits per heavy atom. The van der Waals surface area contributed by atoms with E-state index in [1.54, 1.807) is 30.5 Å². The van der Waals surface area contributed by atoms with E-state index in [0.717, 1.165) is 100 Å². The number of allylic oxidation sites excluding steroid dienone is 1. The van der Waals surface area contributed by atoms with E-state index in [0.29, 0.717) is 35.3 Å². The van der Waals surface area contributed by atoms with Gasteiger partial charge in [-0.1, -0.05) is 43.2 Å². The van der Waals surface area contributed by atoms with Crippen molar-refractivity contribution < 1.29 is 27.6 Å². The van der Waals surface area contributed by atoms with Crippen LogP contribution < -0.4 is 19.7 Å². The van der Waals surface area contributed by atoms with Gasteiger partial charge in [0.2, 0.25) is 0 Å². The largest absolute Gasteiger partial charge is 0.455 e. The number of aromatic amines is 1. The topological polar surface area (TPSA) is 175 Å². The van der Waals surface area contributed by atoms with Crippen LogP contribution in [-0.4, -0.2) is 116 Å². The van der Waals surface area contributed by atoms with Gasteiger partial charge in [-0.05, 0) is 84.7 Å². The Balaban J connectivity index is 0.928. The molecule has 2 saturated heterocycles. The lowest BCUT2D eigenvalue weighted by Crippen LogP contribution is -2.47. The maximum Gasteiger partial charge on any atom is 0.294 e. The minimum absolute atomic E-state index is 0.0290. The minimum atomic E-state index is -4.59. The van der Waals surface area contributed by atoms with Crippen LogP contribution in [0.2, 0.25) is 5.02 Å². The van der Waals surface area contributed by atoms with Gasteiger partial charge in [0.15, 0.2) is 0 Å². The first-order chi connectivity index (χ1) is 31.3. The van der Waals surface area contributed by atoms with Gasteiger partial charge < -0.3 is 24.7 Å². The number of amides is 1. The number of benzene rings is 3. The van der Waals surface area contributed by atoms with Crippen molar-refractivity contribution >= 4 is 73.0 Å². The number of carbonyl (C=O) groups excluding carboxylic acids is 1. The summed E-state index contributed by atoms with van der Waals surface area (Å²) in [5.74, 6) is 0.144. The number of anilines is 2. The monoisotopic (exact) mass is 940 g/mol. The number of hydrogen-bond acceptors (Lipinski definition) is 13. The fourth-order valence-electron chi connectivity index (χ4n) is 9.11. The van der Waals surface area contributed by atoms with Crippen molar-refractivity contribution in [2.75, 3.05) is 81.5 Å². The van der Waals surface area contributed by atoms with Gasteiger partial charge in [-0.25, -0.2) is 18.1 Å². The molecule has 0 unspecified atom stereocenters. The average Bonchev–Trinajstić information content (AvgIpc) is 3.77. The van der Waals surface area contributed by atoms with E-state index in [2.05, 4.69) is 60.7 Å². The van der Waals surface area contributed by atoms with E-state index in [1.165, 1.54) is 40.7 Å². The van der Waals surface area contributed by atoms with Crippen LogP contribution in [0.4, 0.5) is 17.1 Å². The standard InChI is InChI=1S/C47H53ClN8O7S2/c1-47(2)12-9-33(40(27-47)31-3-5-34(48)6-4-31)29-54-15-17-55(18-16-54)36-7-8-39(42(24-36)63-37-23-32-10-13-49-45(32)50-28-37)46(57)52-65(60,61)38-25-41(56(58)59)44-43(26-38)64-30-35(51-44)11-14-53-19-21-62-22-20-53/h3-8,10,13,23-26,28,35,51H,9,11-12,14-22,27,29-30H2,1-2H3,(H,49,50)(H,52,57)/t35-/m0/s1. The maximum atomic E-state index is 14.1. The van der Waals surface area contributed by atoms with Crippen molar-refractivity contribution in [3.05, 3.63) is 111 Å². The van der Waals surface area contributed by atoms with Crippen molar-refractivity contribution in [3.8, 4) is 11.5 Å². The number of nitro groups is 1. The molecule has 9 rings (SSSR count). The van der Waals surface area contributed by atoms with Gasteiger partial charge in [0.25, 0.3) is 21.6 Å². The number of aromatic nitrogens is 2. The summed E-state index contributed by atoms with van der Waals surface area (Å²) in [6.45, 7) is 12.5. The first-order valence-electron chi connectivity index (χ1n) is 22.1. The highest BCUT2D eigenvalue weighted by atomic mass is 35.5. The molecular formula is C47H53ClN8O7S2. The number of thioether (sulfide) groups is 1. The van der Waals surface area contributed by atoms with E-state index in [1.807, 2.05) is 18.2 Å². The van der Waals surface area contributed by atoms with E-state index in [9.17, 15) is 23.3 Å². The first kappa shape index (κ1) is 45.0. The van der Waals surface area contributed by atoms with E-state index in [-0.39, 0.29) is 39.0 Å². The Kier molecular flexibility index (Phi) is 13.1. The Bertz CT molecular complexity index is 2730. The molecule has 2 fully saturated rings. The van der Waals surface area contributed by atoms with Crippen LogP contribution >= 0.6 is 23.4 Å². The van der Waals surface area contributed by atoms with Crippen LogP contribution in [0.5, 0.6) is 11.5 Å². The number of morpholine rings is 1. The summed E-state index contributed by atoms with van der Waals surface area (Å²) in [6.07, 6.45) is 7.26. The molecule has 1 amide bonds. The fourth-order valence-corrected chi connectivity index (χ4v) is 11.5. The fraction of sp³-hybridized carbons (Fsp3) is 0.404. The zero-order valence-corrected chi connectivity index (χ0v) is 38.9. The van der Waals surface area contributed by atoms with Crippen molar-refractivity contribution in [1.29, 1.82) is 0 Å². The highest BCUT2D eigenvalue weighted by molar-refractivity contribution is 7.99. The molecule has 3 N–H and O–H groups in total. The number of halogens is 1. The second kappa shape index (κ2) is 19.0. The molecule has 1 atom stereocenters. The normalized spacial score (nSPS) is 19.4. The molecule has 18 heteroatoms. The highest BCUT2D eigenvalue weighted by Gasteiger charge is 2.33. The number of fused-ring (bicyclic) bond motifs is 2. The number of nitrogens with one attached hydrogen (secondary N) is 3.